The third kappa shape index (κ3) is 8.95. The van der Waals surface area contributed by atoms with Crippen LogP contribution in [0.4, 0.5) is 4.79 Å². The maximum absolute atomic E-state index is 9.96. The molecule has 0 atom stereocenters. The van der Waals surface area contributed by atoms with Gasteiger partial charge in [0, 0.05) is 0 Å². The van der Waals surface area contributed by atoms with E-state index in [1.54, 1.807) is 5.32 Å². The topological polar surface area (TPSA) is 104 Å². The quantitative estimate of drug-likeness (QED) is 0.435. The van der Waals surface area contributed by atoms with E-state index in [1.165, 1.54) is 32.4 Å². The molecule has 1 aliphatic heterocycles. The summed E-state index contributed by atoms with van der Waals surface area (Å²) in [6.07, 6.45) is 4.22. The summed E-state index contributed by atoms with van der Waals surface area (Å²) < 4.78 is 0. The Kier molecular flexibility index (Phi) is 7.77. The first-order chi connectivity index (χ1) is 6.66. The number of primary amides is 1. The first-order valence-electron chi connectivity index (χ1n) is 4.57. The molecule has 6 heteroatoms. The number of carbonyl (C=O) groups is 2. The van der Waals surface area contributed by atoms with Crippen LogP contribution in [0.15, 0.2) is 0 Å². The number of nitrogens with one attached hydrogen (secondary N) is 2. The number of hydrogen-bond acceptors (Lipinski definition) is 4. The van der Waals surface area contributed by atoms with Crippen molar-refractivity contribution in [2.75, 3.05) is 19.7 Å². The SMILES string of the molecule is C1CCNCC1.NC(=O)NC(=O)CO. The van der Waals surface area contributed by atoms with Crippen LogP contribution in [-0.4, -0.2) is 36.7 Å². The smallest absolute Gasteiger partial charge is 0.318 e. The van der Waals surface area contributed by atoms with Gasteiger partial charge in [-0.2, -0.15) is 0 Å². The van der Waals surface area contributed by atoms with E-state index >= 15 is 0 Å². The average Bonchev–Trinajstić information content (AvgIpc) is 2.20. The van der Waals surface area contributed by atoms with Crippen molar-refractivity contribution in [2.24, 2.45) is 5.73 Å². The van der Waals surface area contributed by atoms with Crippen molar-refractivity contribution in [2.45, 2.75) is 19.3 Å². The molecule has 6 nitrogen and oxygen atoms in total. The van der Waals surface area contributed by atoms with Crippen molar-refractivity contribution >= 4 is 11.9 Å². The minimum atomic E-state index is -0.955. The fourth-order valence-corrected chi connectivity index (χ4v) is 0.979. The van der Waals surface area contributed by atoms with Crippen LogP contribution in [0.25, 0.3) is 0 Å². The molecule has 0 bridgehead atoms. The number of amides is 3. The Labute approximate surface area is 82.9 Å². The Morgan fingerprint density at radius 2 is 1.86 bits per heavy atom. The van der Waals surface area contributed by atoms with Gasteiger partial charge in [0.1, 0.15) is 6.61 Å². The van der Waals surface area contributed by atoms with Gasteiger partial charge in [-0.3, -0.25) is 10.1 Å². The maximum Gasteiger partial charge on any atom is 0.318 e. The highest BCUT2D eigenvalue weighted by molar-refractivity contribution is 5.93. The van der Waals surface area contributed by atoms with Gasteiger partial charge in [-0.1, -0.05) is 6.42 Å². The Hall–Kier alpha value is -1.14. The molecule has 0 aliphatic carbocycles. The number of piperidine rings is 1. The van der Waals surface area contributed by atoms with Crippen LogP contribution in [0.1, 0.15) is 19.3 Å². The van der Waals surface area contributed by atoms with Gasteiger partial charge < -0.3 is 16.2 Å². The highest BCUT2D eigenvalue weighted by Crippen LogP contribution is 1.96. The molecule has 0 spiro atoms. The predicted molar refractivity (Wildman–Crippen MR) is 51.5 cm³/mol. The molecular formula is C8H17N3O3. The highest BCUT2D eigenvalue weighted by atomic mass is 16.3. The van der Waals surface area contributed by atoms with Crippen molar-refractivity contribution in [3.8, 4) is 0 Å². The summed E-state index contributed by atoms with van der Waals surface area (Å²) in [5, 5.41) is 12.9. The van der Waals surface area contributed by atoms with Crippen molar-refractivity contribution in [1.82, 2.24) is 10.6 Å². The number of imide groups is 1. The second-order valence-corrected chi connectivity index (χ2v) is 2.88. The monoisotopic (exact) mass is 203 g/mol. The second-order valence-electron chi connectivity index (χ2n) is 2.88. The summed E-state index contributed by atoms with van der Waals surface area (Å²) in [6, 6.07) is -0.955. The summed E-state index contributed by atoms with van der Waals surface area (Å²) in [5.41, 5.74) is 4.49. The van der Waals surface area contributed by atoms with Crippen molar-refractivity contribution in [3.05, 3.63) is 0 Å². The average molecular weight is 203 g/mol. The third-order valence-corrected chi connectivity index (χ3v) is 1.61. The number of rotatable bonds is 1. The molecule has 3 amide bonds. The number of aliphatic hydroxyl groups is 1. The Morgan fingerprint density at radius 3 is 2.00 bits per heavy atom. The molecule has 0 unspecified atom stereocenters. The van der Waals surface area contributed by atoms with E-state index in [0.29, 0.717) is 0 Å². The summed E-state index contributed by atoms with van der Waals surface area (Å²) in [6.45, 7) is 1.78. The first-order valence-corrected chi connectivity index (χ1v) is 4.57. The van der Waals surface area contributed by atoms with Crippen molar-refractivity contribution in [3.63, 3.8) is 0 Å². The standard InChI is InChI=1S/C5H11N.C3H6N2O3/c1-2-4-6-5-3-1;4-3(8)5-2(7)1-6/h6H,1-5H2;6H,1H2,(H3,4,5,7,8). The predicted octanol–water partition coefficient (Wildman–Crippen LogP) is -1.07. The Morgan fingerprint density at radius 1 is 1.29 bits per heavy atom. The molecule has 0 aromatic rings. The molecule has 1 aliphatic rings. The van der Waals surface area contributed by atoms with Gasteiger partial charge in [-0.15, -0.1) is 0 Å². The van der Waals surface area contributed by atoms with E-state index < -0.39 is 18.5 Å². The molecule has 5 N–H and O–H groups in total. The molecule has 1 fully saturated rings. The fourth-order valence-electron chi connectivity index (χ4n) is 0.979. The van der Waals surface area contributed by atoms with Gasteiger partial charge in [0.2, 0.25) is 0 Å². The number of aliphatic hydroxyl groups excluding tert-OH is 1. The number of nitrogens with two attached hydrogens (primary N) is 1. The zero-order valence-corrected chi connectivity index (χ0v) is 8.08. The van der Waals surface area contributed by atoms with Crippen molar-refractivity contribution in [1.29, 1.82) is 0 Å². The van der Waals surface area contributed by atoms with Crippen LogP contribution >= 0.6 is 0 Å². The summed E-state index contributed by atoms with van der Waals surface area (Å²) >= 11 is 0. The Balaban J connectivity index is 0.000000249. The van der Waals surface area contributed by atoms with Gasteiger partial charge in [0.15, 0.2) is 0 Å². The van der Waals surface area contributed by atoms with Gasteiger partial charge in [-0.05, 0) is 25.9 Å². The van der Waals surface area contributed by atoms with E-state index in [-0.39, 0.29) is 0 Å². The lowest BCUT2D eigenvalue weighted by Gasteiger charge is -2.08. The summed E-state index contributed by atoms with van der Waals surface area (Å²) in [4.78, 5) is 19.7. The molecule has 1 heterocycles. The lowest BCUT2D eigenvalue weighted by molar-refractivity contribution is -0.122. The van der Waals surface area contributed by atoms with E-state index in [2.05, 4.69) is 11.1 Å². The molecule has 82 valence electrons. The van der Waals surface area contributed by atoms with E-state index in [9.17, 15) is 9.59 Å². The third-order valence-electron chi connectivity index (χ3n) is 1.61. The van der Waals surface area contributed by atoms with E-state index in [0.717, 1.165) is 0 Å². The molecule has 1 rings (SSSR count). The van der Waals surface area contributed by atoms with Crippen LogP contribution in [0.3, 0.4) is 0 Å². The molecule has 0 saturated carbocycles. The maximum atomic E-state index is 9.96. The van der Waals surface area contributed by atoms with Crippen LogP contribution in [-0.2, 0) is 4.79 Å². The zero-order chi connectivity index (χ0) is 10.8. The summed E-state index contributed by atoms with van der Waals surface area (Å²) in [7, 11) is 0. The second kappa shape index (κ2) is 8.46. The molecular weight excluding hydrogens is 186 g/mol. The van der Waals surface area contributed by atoms with E-state index in [4.69, 9.17) is 5.11 Å². The summed E-state index contributed by atoms with van der Waals surface area (Å²) in [5.74, 6) is -0.794. The van der Waals surface area contributed by atoms with Crippen LogP contribution in [0.5, 0.6) is 0 Å². The van der Waals surface area contributed by atoms with E-state index in [1.807, 2.05) is 0 Å². The highest BCUT2D eigenvalue weighted by Gasteiger charge is 1.98. The van der Waals surface area contributed by atoms with Gasteiger partial charge in [0.25, 0.3) is 5.91 Å². The number of carbonyl (C=O) groups excluding carboxylic acids is 2. The van der Waals surface area contributed by atoms with Crippen LogP contribution < -0.4 is 16.4 Å². The van der Waals surface area contributed by atoms with Gasteiger partial charge >= 0.3 is 6.03 Å². The molecule has 0 radical (unpaired) electrons. The molecule has 0 aromatic heterocycles. The van der Waals surface area contributed by atoms with Crippen LogP contribution in [0.2, 0.25) is 0 Å². The van der Waals surface area contributed by atoms with Crippen LogP contribution in [0, 0.1) is 0 Å². The minimum absolute atomic E-state index is 0.719. The zero-order valence-electron chi connectivity index (χ0n) is 8.08. The van der Waals surface area contributed by atoms with Crippen molar-refractivity contribution < 1.29 is 14.7 Å². The minimum Gasteiger partial charge on any atom is -0.387 e. The van der Waals surface area contributed by atoms with Gasteiger partial charge in [-0.25, -0.2) is 4.79 Å². The normalized spacial score (nSPS) is 14.9. The van der Waals surface area contributed by atoms with Gasteiger partial charge in [0.05, 0.1) is 0 Å². The first kappa shape index (κ1) is 12.9. The lowest BCUT2D eigenvalue weighted by Crippen LogP contribution is -2.36. The Bertz CT molecular complexity index is 169. The molecule has 14 heavy (non-hydrogen) atoms. The lowest BCUT2D eigenvalue weighted by atomic mass is 10.2. The number of hydrogen-bond donors (Lipinski definition) is 4. The number of urea groups is 1. The fraction of sp³-hybridized carbons (Fsp3) is 0.750. The largest absolute Gasteiger partial charge is 0.387 e. The molecule has 0 aromatic carbocycles. The molecule has 1 saturated heterocycles.